The van der Waals surface area contributed by atoms with Gasteiger partial charge in [-0.15, -0.1) is 0 Å². The van der Waals surface area contributed by atoms with E-state index < -0.39 is 0 Å². The zero-order valence-electron chi connectivity index (χ0n) is 11.7. The lowest BCUT2D eigenvalue weighted by molar-refractivity contribution is 0.280. The third-order valence-electron chi connectivity index (χ3n) is 3.20. The van der Waals surface area contributed by atoms with Gasteiger partial charge >= 0.3 is 0 Å². The van der Waals surface area contributed by atoms with E-state index in [1.54, 1.807) is 6.20 Å². The summed E-state index contributed by atoms with van der Waals surface area (Å²) < 4.78 is 0. The molecular weight excluding hydrogens is 252 g/mol. The molecule has 0 unspecified atom stereocenters. The first-order valence-electron chi connectivity index (χ1n) is 6.70. The van der Waals surface area contributed by atoms with Crippen molar-refractivity contribution in [2.75, 3.05) is 18.1 Å². The van der Waals surface area contributed by atoms with Crippen LogP contribution in [-0.4, -0.2) is 28.3 Å². The average Bonchev–Trinajstić information content (AvgIpc) is 2.48. The van der Waals surface area contributed by atoms with Gasteiger partial charge in [0.1, 0.15) is 0 Å². The monoisotopic (exact) mass is 272 g/mol. The number of aryl methyl sites for hydroxylation is 1. The molecule has 0 aliphatic heterocycles. The number of benzene rings is 1. The second-order valence-electron chi connectivity index (χ2n) is 4.74. The molecule has 0 aliphatic carbocycles. The summed E-state index contributed by atoms with van der Waals surface area (Å²) in [5.74, 6) is 0. The van der Waals surface area contributed by atoms with E-state index in [4.69, 9.17) is 0 Å². The molecule has 0 atom stereocenters. The van der Waals surface area contributed by atoms with Crippen LogP contribution in [0.1, 0.15) is 16.8 Å². The van der Waals surface area contributed by atoms with Gasteiger partial charge in [0.05, 0.1) is 13.2 Å². The molecule has 0 fully saturated rings. The molecule has 0 radical (unpaired) electrons. The van der Waals surface area contributed by atoms with Gasteiger partial charge in [0, 0.05) is 36.2 Å². The number of hydrogen-bond donors (Lipinski definition) is 2. The van der Waals surface area contributed by atoms with E-state index in [2.05, 4.69) is 22.0 Å². The zero-order chi connectivity index (χ0) is 14.4. The highest BCUT2D eigenvalue weighted by atomic mass is 16.3. The lowest BCUT2D eigenvalue weighted by Crippen LogP contribution is -2.27. The van der Waals surface area contributed by atoms with Crippen LogP contribution in [0.3, 0.4) is 0 Å². The van der Waals surface area contributed by atoms with Crippen LogP contribution in [-0.2, 0) is 13.2 Å². The highest BCUT2D eigenvalue weighted by molar-refractivity contribution is 5.53. The molecule has 0 amide bonds. The van der Waals surface area contributed by atoms with Crippen LogP contribution in [0.25, 0.3) is 0 Å². The van der Waals surface area contributed by atoms with Gasteiger partial charge in [-0.25, -0.2) is 0 Å². The molecule has 20 heavy (non-hydrogen) atoms. The SMILES string of the molecule is Cc1cc(N(CCO)Cc2ccccc2)c(CO)cn1. The summed E-state index contributed by atoms with van der Waals surface area (Å²) in [7, 11) is 0. The van der Waals surface area contributed by atoms with Crippen molar-refractivity contribution in [1.29, 1.82) is 0 Å². The van der Waals surface area contributed by atoms with Crippen LogP contribution in [0.15, 0.2) is 42.6 Å². The molecule has 0 aliphatic rings. The van der Waals surface area contributed by atoms with Gasteiger partial charge in [-0.2, -0.15) is 0 Å². The number of rotatable bonds is 6. The summed E-state index contributed by atoms with van der Waals surface area (Å²) in [6, 6.07) is 12.0. The van der Waals surface area contributed by atoms with Crippen molar-refractivity contribution in [1.82, 2.24) is 4.98 Å². The number of anilines is 1. The predicted molar refractivity (Wildman–Crippen MR) is 79.5 cm³/mol. The summed E-state index contributed by atoms with van der Waals surface area (Å²) in [6.07, 6.45) is 1.69. The molecule has 4 heteroatoms. The van der Waals surface area contributed by atoms with Gasteiger partial charge in [-0.05, 0) is 18.6 Å². The van der Waals surface area contributed by atoms with Crippen LogP contribution in [0.5, 0.6) is 0 Å². The highest BCUT2D eigenvalue weighted by Gasteiger charge is 2.12. The van der Waals surface area contributed by atoms with E-state index in [-0.39, 0.29) is 13.2 Å². The Morgan fingerprint density at radius 3 is 2.55 bits per heavy atom. The van der Waals surface area contributed by atoms with Crippen LogP contribution >= 0.6 is 0 Å². The molecule has 2 N–H and O–H groups in total. The Balaban J connectivity index is 2.30. The first-order valence-corrected chi connectivity index (χ1v) is 6.70. The molecule has 106 valence electrons. The fraction of sp³-hybridized carbons (Fsp3) is 0.312. The third kappa shape index (κ3) is 3.56. The van der Waals surface area contributed by atoms with Gasteiger partial charge < -0.3 is 15.1 Å². The molecule has 1 aromatic carbocycles. The summed E-state index contributed by atoms with van der Waals surface area (Å²) in [5, 5.41) is 18.8. The summed E-state index contributed by atoms with van der Waals surface area (Å²) in [4.78, 5) is 6.28. The fourth-order valence-corrected chi connectivity index (χ4v) is 2.20. The largest absolute Gasteiger partial charge is 0.395 e. The van der Waals surface area contributed by atoms with Crippen LogP contribution < -0.4 is 4.90 Å². The molecule has 2 rings (SSSR count). The van der Waals surface area contributed by atoms with Crippen molar-refractivity contribution in [2.24, 2.45) is 0 Å². The maximum absolute atomic E-state index is 9.46. The van der Waals surface area contributed by atoms with E-state index in [9.17, 15) is 10.2 Å². The number of aliphatic hydroxyl groups excluding tert-OH is 2. The van der Waals surface area contributed by atoms with Gasteiger partial charge in [-0.1, -0.05) is 30.3 Å². The second kappa shape index (κ2) is 7.03. The second-order valence-corrected chi connectivity index (χ2v) is 4.74. The Labute approximate surface area is 119 Å². The van der Waals surface area contributed by atoms with Crippen molar-refractivity contribution in [2.45, 2.75) is 20.1 Å². The minimum atomic E-state index is -0.0562. The maximum Gasteiger partial charge on any atom is 0.0717 e. The summed E-state index contributed by atoms with van der Waals surface area (Å²) in [5.41, 5.74) is 3.77. The molecule has 0 saturated heterocycles. The van der Waals surface area contributed by atoms with E-state index in [1.807, 2.05) is 31.2 Å². The van der Waals surface area contributed by atoms with Crippen LogP contribution in [0, 0.1) is 6.92 Å². The summed E-state index contributed by atoms with van der Waals surface area (Å²) >= 11 is 0. The maximum atomic E-state index is 9.46. The zero-order valence-corrected chi connectivity index (χ0v) is 11.7. The Kier molecular flexibility index (Phi) is 5.09. The molecule has 0 bridgehead atoms. The van der Waals surface area contributed by atoms with E-state index in [1.165, 1.54) is 5.56 Å². The van der Waals surface area contributed by atoms with E-state index in [0.717, 1.165) is 16.9 Å². The van der Waals surface area contributed by atoms with Gasteiger partial charge in [0.15, 0.2) is 0 Å². The molecule has 0 spiro atoms. The van der Waals surface area contributed by atoms with Crippen molar-refractivity contribution in [3.05, 3.63) is 59.4 Å². The fourth-order valence-electron chi connectivity index (χ4n) is 2.20. The molecule has 1 aromatic heterocycles. The molecule has 0 saturated carbocycles. The lowest BCUT2D eigenvalue weighted by Gasteiger charge is -2.26. The number of aromatic nitrogens is 1. The molecular formula is C16H20N2O2. The quantitative estimate of drug-likeness (QED) is 0.843. The number of aliphatic hydroxyl groups is 2. The predicted octanol–water partition coefficient (Wildman–Crippen LogP) is 1.88. The van der Waals surface area contributed by atoms with Crippen LogP contribution in [0.2, 0.25) is 0 Å². The standard InChI is InChI=1S/C16H20N2O2/c1-13-9-16(15(12-20)10-17-13)18(7-8-19)11-14-5-3-2-4-6-14/h2-6,9-10,19-20H,7-8,11-12H2,1H3. The minimum absolute atomic E-state index is 0.0562. The first kappa shape index (κ1) is 14.5. The van der Waals surface area contributed by atoms with E-state index >= 15 is 0 Å². The lowest BCUT2D eigenvalue weighted by atomic mass is 10.1. The first-order chi connectivity index (χ1) is 9.74. The molecule has 4 nitrogen and oxygen atoms in total. The normalized spacial score (nSPS) is 10.6. The Morgan fingerprint density at radius 1 is 1.15 bits per heavy atom. The Morgan fingerprint density at radius 2 is 1.90 bits per heavy atom. The smallest absolute Gasteiger partial charge is 0.0717 e. The number of hydrogen-bond acceptors (Lipinski definition) is 4. The van der Waals surface area contributed by atoms with Gasteiger partial charge in [0.2, 0.25) is 0 Å². The number of nitrogens with zero attached hydrogens (tertiary/aromatic N) is 2. The Bertz CT molecular complexity index is 543. The van der Waals surface area contributed by atoms with Crippen LogP contribution in [0.4, 0.5) is 5.69 Å². The van der Waals surface area contributed by atoms with E-state index in [0.29, 0.717) is 13.1 Å². The Hall–Kier alpha value is -1.91. The van der Waals surface area contributed by atoms with Crippen molar-refractivity contribution < 1.29 is 10.2 Å². The topological polar surface area (TPSA) is 56.6 Å². The highest BCUT2D eigenvalue weighted by Crippen LogP contribution is 2.22. The summed E-state index contributed by atoms with van der Waals surface area (Å²) in [6.45, 7) is 3.14. The van der Waals surface area contributed by atoms with Crippen molar-refractivity contribution >= 4 is 5.69 Å². The molecule has 2 aromatic rings. The van der Waals surface area contributed by atoms with Crippen molar-refractivity contribution in [3.63, 3.8) is 0 Å². The third-order valence-corrected chi connectivity index (χ3v) is 3.20. The van der Waals surface area contributed by atoms with Gasteiger partial charge in [0.25, 0.3) is 0 Å². The van der Waals surface area contributed by atoms with Crippen molar-refractivity contribution in [3.8, 4) is 0 Å². The average molecular weight is 272 g/mol. The minimum Gasteiger partial charge on any atom is -0.395 e. The van der Waals surface area contributed by atoms with Gasteiger partial charge in [-0.3, -0.25) is 4.98 Å². The molecule has 1 heterocycles. The number of pyridine rings is 1.